The molecule has 0 radical (unpaired) electrons. The van der Waals surface area contributed by atoms with E-state index in [9.17, 15) is 0 Å². The summed E-state index contributed by atoms with van der Waals surface area (Å²) in [7, 11) is 0. The van der Waals surface area contributed by atoms with Gasteiger partial charge in [0.15, 0.2) is 5.82 Å². The van der Waals surface area contributed by atoms with Gasteiger partial charge >= 0.3 is 0 Å². The number of anilines is 1. The Labute approximate surface area is 141 Å². The van der Waals surface area contributed by atoms with Gasteiger partial charge in [-0.1, -0.05) is 29.8 Å². The summed E-state index contributed by atoms with van der Waals surface area (Å²) in [5.74, 6) is 1.34. The molecule has 120 valence electrons. The number of pyridine rings is 1. The van der Waals surface area contributed by atoms with Crippen molar-refractivity contribution in [2.75, 3.05) is 5.43 Å². The Morgan fingerprint density at radius 2 is 1.83 bits per heavy atom. The molecule has 0 fully saturated rings. The van der Waals surface area contributed by atoms with E-state index in [0.29, 0.717) is 11.6 Å². The highest BCUT2D eigenvalue weighted by atomic mass is 15.3. The summed E-state index contributed by atoms with van der Waals surface area (Å²) in [6, 6.07) is 14.0. The molecule has 5 heteroatoms. The van der Waals surface area contributed by atoms with E-state index < -0.39 is 0 Å². The van der Waals surface area contributed by atoms with Crippen molar-refractivity contribution in [3.8, 4) is 11.3 Å². The van der Waals surface area contributed by atoms with Gasteiger partial charge in [0.2, 0.25) is 0 Å². The number of nitrogens with one attached hydrogen (secondary N) is 1. The Morgan fingerprint density at radius 3 is 2.54 bits per heavy atom. The first-order chi connectivity index (χ1) is 11.6. The summed E-state index contributed by atoms with van der Waals surface area (Å²) in [5.41, 5.74) is 8.00. The molecule has 0 saturated carbocycles. The molecule has 2 heterocycles. The number of aryl methyl sites for hydroxylation is 2. The van der Waals surface area contributed by atoms with E-state index in [-0.39, 0.29) is 0 Å². The summed E-state index contributed by atoms with van der Waals surface area (Å²) >= 11 is 0. The number of nitrogens with zero attached hydrogens (tertiary/aromatic N) is 4. The lowest BCUT2D eigenvalue weighted by Crippen LogP contribution is -2.03. The number of hydrogen-bond donors (Lipinski definition) is 1. The second-order valence-corrected chi connectivity index (χ2v) is 5.60. The van der Waals surface area contributed by atoms with Crippen LogP contribution in [0.25, 0.3) is 11.3 Å². The maximum absolute atomic E-state index is 4.46. The summed E-state index contributed by atoms with van der Waals surface area (Å²) < 4.78 is 0. The molecule has 24 heavy (non-hydrogen) atoms. The van der Waals surface area contributed by atoms with Crippen LogP contribution in [0.5, 0.6) is 0 Å². The van der Waals surface area contributed by atoms with Crippen molar-refractivity contribution in [1.29, 1.82) is 0 Å². The molecule has 2 aromatic heterocycles. The van der Waals surface area contributed by atoms with Crippen LogP contribution in [0.4, 0.5) is 5.82 Å². The highest BCUT2D eigenvalue weighted by molar-refractivity contribution is 5.99. The minimum atomic E-state index is 0.660. The lowest BCUT2D eigenvalue weighted by Gasteiger charge is -2.07. The molecule has 3 aromatic rings. The van der Waals surface area contributed by atoms with Crippen LogP contribution < -0.4 is 5.43 Å². The van der Waals surface area contributed by atoms with Crippen LogP contribution in [0, 0.1) is 13.8 Å². The molecule has 0 aliphatic carbocycles. The molecule has 0 unspecified atom stereocenters. The molecule has 0 spiro atoms. The van der Waals surface area contributed by atoms with Gasteiger partial charge in [-0.2, -0.15) is 5.10 Å². The number of hydrogen-bond acceptors (Lipinski definition) is 5. The summed E-state index contributed by atoms with van der Waals surface area (Å²) in [6.07, 6.45) is 3.53. The van der Waals surface area contributed by atoms with E-state index in [1.807, 2.05) is 32.0 Å². The molecule has 0 amide bonds. The Kier molecular flexibility index (Phi) is 4.61. The molecular weight excluding hydrogens is 298 g/mol. The molecule has 0 aliphatic heterocycles. The van der Waals surface area contributed by atoms with E-state index in [0.717, 1.165) is 22.5 Å². The summed E-state index contributed by atoms with van der Waals surface area (Å²) in [6.45, 7) is 5.90. The average molecular weight is 317 g/mol. The fraction of sp³-hybridized carbons (Fsp3) is 0.158. The van der Waals surface area contributed by atoms with Crippen molar-refractivity contribution in [2.24, 2.45) is 5.10 Å². The smallest absolute Gasteiger partial charge is 0.150 e. The summed E-state index contributed by atoms with van der Waals surface area (Å²) in [4.78, 5) is 13.0. The van der Waals surface area contributed by atoms with E-state index in [2.05, 4.69) is 56.7 Å². The van der Waals surface area contributed by atoms with Crippen LogP contribution in [0.3, 0.4) is 0 Å². The lowest BCUT2D eigenvalue weighted by atomic mass is 10.1. The zero-order valence-corrected chi connectivity index (χ0v) is 14.0. The number of rotatable bonds is 4. The van der Waals surface area contributed by atoms with Gasteiger partial charge in [0.25, 0.3) is 0 Å². The fourth-order valence-electron chi connectivity index (χ4n) is 2.29. The van der Waals surface area contributed by atoms with Crippen LogP contribution in [-0.4, -0.2) is 20.7 Å². The molecule has 5 nitrogen and oxygen atoms in total. The van der Waals surface area contributed by atoms with Crippen molar-refractivity contribution in [1.82, 2.24) is 15.0 Å². The predicted octanol–water partition coefficient (Wildman–Crippen LogP) is 3.99. The third-order valence-corrected chi connectivity index (χ3v) is 3.60. The van der Waals surface area contributed by atoms with Gasteiger partial charge in [-0.05, 0) is 38.5 Å². The van der Waals surface area contributed by atoms with Gasteiger partial charge in [0.1, 0.15) is 5.82 Å². The van der Waals surface area contributed by atoms with Gasteiger partial charge in [-0.15, -0.1) is 0 Å². The molecule has 0 saturated heterocycles. The lowest BCUT2D eigenvalue weighted by molar-refractivity contribution is 1.05. The van der Waals surface area contributed by atoms with Gasteiger partial charge in [0.05, 0.1) is 11.4 Å². The van der Waals surface area contributed by atoms with Crippen molar-refractivity contribution in [3.05, 3.63) is 71.8 Å². The normalized spacial score (nSPS) is 11.4. The first-order valence-electron chi connectivity index (χ1n) is 7.75. The first kappa shape index (κ1) is 15.8. The Bertz CT molecular complexity index is 855. The summed E-state index contributed by atoms with van der Waals surface area (Å²) in [5, 5.41) is 4.43. The SMILES string of the molecule is C/C(=N/Nc1cc(-c2cccnc2)nc(C)n1)c1ccc(C)cc1. The van der Waals surface area contributed by atoms with Crippen LogP contribution in [0.1, 0.15) is 23.9 Å². The first-order valence-corrected chi connectivity index (χ1v) is 7.75. The standard InChI is InChI=1S/C19H19N5/c1-13-6-8-16(9-7-13)14(2)23-24-19-11-18(21-15(3)22-19)17-5-4-10-20-12-17/h4-12H,1-3H3,(H,21,22,24)/b23-14-. The van der Waals surface area contributed by atoms with Gasteiger partial charge < -0.3 is 0 Å². The molecule has 3 rings (SSSR count). The maximum Gasteiger partial charge on any atom is 0.150 e. The van der Waals surface area contributed by atoms with E-state index in [1.165, 1.54) is 5.56 Å². The quantitative estimate of drug-likeness (QED) is 0.584. The maximum atomic E-state index is 4.46. The van der Waals surface area contributed by atoms with Crippen LogP contribution in [-0.2, 0) is 0 Å². The minimum absolute atomic E-state index is 0.660. The largest absolute Gasteiger partial charge is 0.264 e. The molecule has 0 aliphatic rings. The number of aromatic nitrogens is 3. The third-order valence-electron chi connectivity index (χ3n) is 3.60. The molecule has 1 N–H and O–H groups in total. The van der Waals surface area contributed by atoms with Crippen LogP contribution in [0.15, 0.2) is 60.0 Å². The number of hydrazone groups is 1. The topological polar surface area (TPSA) is 63.1 Å². The molecule has 0 bridgehead atoms. The highest BCUT2D eigenvalue weighted by Gasteiger charge is 2.04. The van der Waals surface area contributed by atoms with Crippen LogP contribution >= 0.6 is 0 Å². The van der Waals surface area contributed by atoms with Crippen molar-refractivity contribution in [2.45, 2.75) is 20.8 Å². The molecule has 0 atom stereocenters. The van der Waals surface area contributed by atoms with Gasteiger partial charge in [0, 0.05) is 24.0 Å². The van der Waals surface area contributed by atoms with Crippen LogP contribution in [0.2, 0.25) is 0 Å². The monoisotopic (exact) mass is 317 g/mol. The van der Waals surface area contributed by atoms with E-state index in [1.54, 1.807) is 12.4 Å². The third kappa shape index (κ3) is 3.81. The van der Waals surface area contributed by atoms with Crippen molar-refractivity contribution in [3.63, 3.8) is 0 Å². The Balaban J connectivity index is 1.84. The second kappa shape index (κ2) is 7.00. The zero-order chi connectivity index (χ0) is 16.9. The molecular formula is C19H19N5. The second-order valence-electron chi connectivity index (χ2n) is 5.60. The predicted molar refractivity (Wildman–Crippen MR) is 97.0 cm³/mol. The average Bonchev–Trinajstić information content (AvgIpc) is 2.60. The van der Waals surface area contributed by atoms with Gasteiger partial charge in [-0.25, -0.2) is 9.97 Å². The van der Waals surface area contributed by atoms with Crippen molar-refractivity contribution >= 4 is 11.5 Å². The minimum Gasteiger partial charge on any atom is -0.264 e. The molecule has 1 aromatic carbocycles. The van der Waals surface area contributed by atoms with Crippen molar-refractivity contribution < 1.29 is 0 Å². The van der Waals surface area contributed by atoms with E-state index in [4.69, 9.17) is 0 Å². The zero-order valence-electron chi connectivity index (χ0n) is 14.0. The fourth-order valence-corrected chi connectivity index (χ4v) is 2.29. The van der Waals surface area contributed by atoms with Gasteiger partial charge in [-0.3, -0.25) is 10.4 Å². The Morgan fingerprint density at radius 1 is 1.04 bits per heavy atom. The number of benzene rings is 1. The Hall–Kier alpha value is -3.08. The highest BCUT2D eigenvalue weighted by Crippen LogP contribution is 2.18. The van der Waals surface area contributed by atoms with E-state index >= 15 is 0 Å².